The van der Waals surface area contributed by atoms with Crippen LogP contribution in [0.2, 0.25) is 0 Å². The van der Waals surface area contributed by atoms with E-state index in [0.717, 1.165) is 95.8 Å². The van der Waals surface area contributed by atoms with Crippen molar-refractivity contribution >= 4 is 21.9 Å². The zero-order valence-electron chi connectivity index (χ0n) is 25.4. The van der Waals surface area contributed by atoms with E-state index in [1.165, 1.54) is 25.0 Å². The van der Waals surface area contributed by atoms with Crippen molar-refractivity contribution in [3.63, 3.8) is 0 Å². The summed E-state index contributed by atoms with van der Waals surface area (Å²) in [5.74, 6) is 0.903. The number of H-pyrrole nitrogens is 2. The molecule has 8 rings (SSSR count). The van der Waals surface area contributed by atoms with Crippen LogP contribution in [-0.2, 0) is 0 Å². The van der Waals surface area contributed by atoms with Gasteiger partial charge in [0.2, 0.25) is 0 Å². The van der Waals surface area contributed by atoms with Crippen LogP contribution < -0.4 is 14.8 Å². The van der Waals surface area contributed by atoms with Crippen molar-refractivity contribution < 1.29 is 13.9 Å². The smallest absolute Gasteiger partial charge is 0.138 e. The Morgan fingerprint density at radius 2 is 1.72 bits per heavy atom. The molecular formula is C35H35FN8O2. The molecule has 6 aromatic rings. The number of halogens is 1. The molecular weight excluding hydrogens is 583 g/mol. The van der Waals surface area contributed by atoms with E-state index >= 15 is 0 Å². The first-order chi connectivity index (χ1) is 22.7. The van der Waals surface area contributed by atoms with Crippen LogP contribution in [0.25, 0.3) is 55.7 Å². The zero-order chi connectivity index (χ0) is 30.9. The maximum absolute atomic E-state index is 14.8. The topological polar surface area (TPSA) is 117 Å². The molecule has 46 heavy (non-hydrogen) atoms. The Kier molecular flexibility index (Phi) is 7.77. The summed E-state index contributed by atoms with van der Waals surface area (Å²) in [6.45, 7) is 5.48. The molecule has 11 heteroatoms. The number of hydrogen-bond donors (Lipinski definition) is 3. The van der Waals surface area contributed by atoms with Crippen LogP contribution in [0.1, 0.15) is 25.7 Å². The minimum atomic E-state index is -0.351. The molecule has 2 saturated heterocycles. The molecule has 2 aliphatic heterocycles. The van der Waals surface area contributed by atoms with Crippen LogP contribution in [0.4, 0.5) is 4.39 Å². The first-order valence-corrected chi connectivity index (χ1v) is 16.0. The molecule has 5 aromatic heterocycles. The number of nitrogens with one attached hydrogen (secondary N) is 3. The van der Waals surface area contributed by atoms with Crippen LogP contribution >= 0.6 is 0 Å². The van der Waals surface area contributed by atoms with Crippen molar-refractivity contribution in [2.75, 3.05) is 39.3 Å². The summed E-state index contributed by atoms with van der Waals surface area (Å²) in [6, 6.07) is 12.8. The minimum Gasteiger partial charge on any atom is -0.492 e. The van der Waals surface area contributed by atoms with E-state index in [4.69, 9.17) is 14.5 Å². The molecule has 0 unspecified atom stereocenters. The van der Waals surface area contributed by atoms with E-state index in [1.807, 2.05) is 30.3 Å². The van der Waals surface area contributed by atoms with E-state index < -0.39 is 0 Å². The summed E-state index contributed by atoms with van der Waals surface area (Å²) >= 11 is 0. The summed E-state index contributed by atoms with van der Waals surface area (Å²) in [7, 11) is 0. The summed E-state index contributed by atoms with van der Waals surface area (Å²) in [4.78, 5) is 19.7. The highest BCUT2D eigenvalue weighted by molar-refractivity contribution is 6.00. The average Bonchev–Trinajstić information content (AvgIpc) is 3.85. The Labute approximate surface area is 265 Å². The number of hydrogen-bond acceptors (Lipinski definition) is 8. The molecule has 0 spiro atoms. The number of fused-ring (bicyclic) bond motifs is 2. The highest BCUT2D eigenvalue weighted by Gasteiger charge is 2.18. The van der Waals surface area contributed by atoms with Crippen LogP contribution in [-0.4, -0.2) is 80.5 Å². The van der Waals surface area contributed by atoms with Gasteiger partial charge in [-0.1, -0.05) is 0 Å². The van der Waals surface area contributed by atoms with Gasteiger partial charge in [0, 0.05) is 41.5 Å². The van der Waals surface area contributed by atoms with Crippen LogP contribution in [0.5, 0.6) is 11.5 Å². The van der Waals surface area contributed by atoms with Crippen molar-refractivity contribution in [1.82, 2.24) is 40.3 Å². The average molecular weight is 619 g/mol. The lowest BCUT2D eigenvalue weighted by Gasteiger charge is -2.23. The number of nitrogens with zero attached hydrogens (tertiary/aromatic N) is 5. The lowest BCUT2D eigenvalue weighted by atomic mass is 10.0. The predicted molar refractivity (Wildman–Crippen MR) is 175 cm³/mol. The third kappa shape index (κ3) is 5.91. The Balaban J connectivity index is 1.08. The molecule has 0 amide bonds. The number of pyridine rings is 3. The molecule has 0 saturated carbocycles. The number of aromatic nitrogens is 6. The molecule has 234 valence electrons. The molecule has 0 radical (unpaired) electrons. The highest BCUT2D eigenvalue weighted by Crippen LogP contribution is 2.35. The predicted octanol–water partition coefficient (Wildman–Crippen LogP) is 5.97. The van der Waals surface area contributed by atoms with E-state index in [9.17, 15) is 4.39 Å². The molecule has 3 N–H and O–H groups in total. The van der Waals surface area contributed by atoms with Gasteiger partial charge in [0.15, 0.2) is 0 Å². The van der Waals surface area contributed by atoms with E-state index in [0.29, 0.717) is 23.6 Å². The molecule has 2 aliphatic rings. The summed E-state index contributed by atoms with van der Waals surface area (Å²) in [6.07, 6.45) is 11.7. The van der Waals surface area contributed by atoms with Gasteiger partial charge in [-0.3, -0.25) is 20.0 Å². The van der Waals surface area contributed by atoms with Crippen molar-refractivity contribution in [1.29, 1.82) is 0 Å². The summed E-state index contributed by atoms with van der Waals surface area (Å²) in [5, 5.41) is 12.0. The normalized spacial score (nSPS) is 16.0. The quantitative estimate of drug-likeness (QED) is 0.181. The maximum atomic E-state index is 14.8. The molecule has 0 aliphatic carbocycles. The van der Waals surface area contributed by atoms with Gasteiger partial charge in [-0.05, 0) is 93.8 Å². The first-order valence-electron chi connectivity index (χ1n) is 16.0. The van der Waals surface area contributed by atoms with Gasteiger partial charge in [0.25, 0.3) is 0 Å². The van der Waals surface area contributed by atoms with E-state index in [2.05, 4.69) is 35.4 Å². The third-order valence-electron chi connectivity index (χ3n) is 8.86. The molecule has 0 bridgehead atoms. The van der Waals surface area contributed by atoms with Gasteiger partial charge in [-0.2, -0.15) is 5.10 Å². The largest absolute Gasteiger partial charge is 0.492 e. The minimum absolute atomic E-state index is 0.182. The van der Waals surface area contributed by atoms with E-state index in [-0.39, 0.29) is 11.9 Å². The number of piperidine rings is 1. The number of benzene rings is 1. The maximum Gasteiger partial charge on any atom is 0.138 e. The SMILES string of the molecule is Fc1cc(OCCN2CCCC2)cc(-c2cncc3[nH]c(-c4n[nH]c5ccc(-c6cncc(OC7CCNCC7)c6)nc45)cc23)c1. The highest BCUT2D eigenvalue weighted by atomic mass is 19.1. The Hall–Kier alpha value is -4.87. The van der Waals surface area contributed by atoms with Crippen LogP contribution in [0.15, 0.2) is 67.3 Å². The van der Waals surface area contributed by atoms with Gasteiger partial charge >= 0.3 is 0 Å². The third-order valence-corrected chi connectivity index (χ3v) is 8.86. The molecule has 0 atom stereocenters. The lowest BCUT2D eigenvalue weighted by Crippen LogP contribution is -2.34. The summed E-state index contributed by atoms with van der Waals surface area (Å²) < 4.78 is 27.0. The van der Waals surface area contributed by atoms with Crippen LogP contribution in [0.3, 0.4) is 0 Å². The standard InChI is InChI=1S/C35H35FN8O2/c36-24-13-22(14-26(16-24)45-12-11-44-9-1-2-10-44)29-20-39-21-33-28(29)17-32(40-33)35-34-31(42-43-35)4-3-30(41-34)23-15-27(19-38-18-23)46-25-5-7-37-8-6-25/h3-4,13-21,25,37,40H,1-2,5-12H2,(H,42,43). The lowest BCUT2D eigenvalue weighted by molar-refractivity contribution is 0.162. The number of ether oxygens (including phenoxy) is 2. The van der Waals surface area contributed by atoms with Gasteiger partial charge in [0.1, 0.15) is 41.2 Å². The fourth-order valence-electron chi connectivity index (χ4n) is 6.49. The Bertz CT molecular complexity index is 1990. The fraction of sp³-hybridized carbons (Fsp3) is 0.314. The second-order valence-corrected chi connectivity index (χ2v) is 12.0. The zero-order valence-corrected chi connectivity index (χ0v) is 25.4. The number of likely N-dealkylation sites (tertiary alicyclic amines) is 1. The molecule has 7 heterocycles. The van der Waals surface area contributed by atoms with Crippen molar-refractivity contribution in [3.8, 4) is 45.3 Å². The van der Waals surface area contributed by atoms with Gasteiger partial charge < -0.3 is 19.8 Å². The second-order valence-electron chi connectivity index (χ2n) is 12.0. The monoisotopic (exact) mass is 618 g/mol. The number of rotatable bonds is 9. The number of aromatic amines is 2. The van der Waals surface area contributed by atoms with Gasteiger partial charge in [-0.25, -0.2) is 9.37 Å². The van der Waals surface area contributed by atoms with E-state index in [1.54, 1.807) is 24.8 Å². The van der Waals surface area contributed by atoms with Gasteiger partial charge in [-0.15, -0.1) is 0 Å². The second kappa shape index (κ2) is 12.5. The molecule has 2 fully saturated rings. The Morgan fingerprint density at radius 3 is 2.61 bits per heavy atom. The first kappa shape index (κ1) is 28.6. The van der Waals surface area contributed by atoms with Gasteiger partial charge in [0.05, 0.1) is 34.8 Å². The molecule has 1 aromatic carbocycles. The van der Waals surface area contributed by atoms with Crippen molar-refractivity contribution in [2.24, 2.45) is 0 Å². The summed E-state index contributed by atoms with van der Waals surface area (Å²) in [5.41, 5.74) is 6.95. The van der Waals surface area contributed by atoms with Crippen molar-refractivity contribution in [3.05, 3.63) is 73.1 Å². The molecule has 10 nitrogen and oxygen atoms in total. The van der Waals surface area contributed by atoms with Crippen molar-refractivity contribution in [2.45, 2.75) is 31.8 Å². The Morgan fingerprint density at radius 1 is 0.870 bits per heavy atom. The fourth-order valence-corrected chi connectivity index (χ4v) is 6.49. The van der Waals surface area contributed by atoms with Crippen LogP contribution in [0, 0.1) is 5.82 Å².